The molecule has 1 aromatic heterocycles. The lowest BCUT2D eigenvalue weighted by Gasteiger charge is -2.13. The van der Waals surface area contributed by atoms with Crippen molar-refractivity contribution in [3.63, 3.8) is 0 Å². The molecule has 0 atom stereocenters. The third-order valence-electron chi connectivity index (χ3n) is 3.71. The van der Waals surface area contributed by atoms with Gasteiger partial charge in [0.1, 0.15) is 12.7 Å². The number of carbonyl (C=O) groups is 1. The number of benzene rings is 1. The monoisotopic (exact) mass is 272 g/mol. The summed E-state index contributed by atoms with van der Waals surface area (Å²) < 4.78 is 1.60. The van der Waals surface area contributed by atoms with Crippen LogP contribution in [0.3, 0.4) is 0 Å². The normalized spacial score (nSPS) is 15.8. The van der Waals surface area contributed by atoms with Crippen LogP contribution in [0.1, 0.15) is 23.2 Å². The van der Waals surface area contributed by atoms with Crippen molar-refractivity contribution in [1.29, 1.82) is 0 Å². The molecule has 0 saturated heterocycles. The highest BCUT2D eigenvalue weighted by Crippen LogP contribution is 2.44. The summed E-state index contributed by atoms with van der Waals surface area (Å²) in [5, 5.41) is 16.2. The molecular formula is C14H16N4O2. The number of aliphatic hydroxyl groups excluding tert-OH is 1. The van der Waals surface area contributed by atoms with Gasteiger partial charge in [0.15, 0.2) is 0 Å². The average molecular weight is 272 g/mol. The molecular weight excluding hydrogens is 256 g/mol. The zero-order valence-electron chi connectivity index (χ0n) is 11.0. The van der Waals surface area contributed by atoms with E-state index in [2.05, 4.69) is 15.4 Å². The fourth-order valence-electron chi connectivity index (χ4n) is 2.07. The fraction of sp³-hybridized carbons (Fsp3) is 0.357. The van der Waals surface area contributed by atoms with Crippen molar-refractivity contribution in [2.24, 2.45) is 5.41 Å². The number of hydrogen-bond acceptors (Lipinski definition) is 4. The van der Waals surface area contributed by atoms with Crippen molar-refractivity contribution in [2.75, 3.05) is 13.2 Å². The van der Waals surface area contributed by atoms with Gasteiger partial charge in [-0.05, 0) is 31.0 Å². The highest BCUT2D eigenvalue weighted by atomic mass is 16.3. The first-order chi connectivity index (χ1) is 9.72. The molecule has 1 aliphatic rings. The van der Waals surface area contributed by atoms with Crippen LogP contribution in [0.4, 0.5) is 0 Å². The average Bonchev–Trinajstić information content (AvgIpc) is 3.07. The van der Waals surface area contributed by atoms with Gasteiger partial charge in [0.05, 0.1) is 12.3 Å². The number of aliphatic hydroxyl groups is 1. The van der Waals surface area contributed by atoms with Crippen molar-refractivity contribution in [1.82, 2.24) is 20.1 Å². The molecule has 1 heterocycles. The lowest BCUT2D eigenvalue weighted by Crippen LogP contribution is -2.31. The van der Waals surface area contributed by atoms with Crippen LogP contribution in [0.15, 0.2) is 36.9 Å². The van der Waals surface area contributed by atoms with Crippen molar-refractivity contribution in [3.8, 4) is 5.69 Å². The van der Waals surface area contributed by atoms with Crippen LogP contribution in [0.25, 0.3) is 5.69 Å². The summed E-state index contributed by atoms with van der Waals surface area (Å²) in [5.41, 5.74) is 1.28. The van der Waals surface area contributed by atoms with Crippen LogP contribution in [-0.2, 0) is 0 Å². The first-order valence-corrected chi connectivity index (χ1v) is 6.57. The summed E-state index contributed by atoms with van der Waals surface area (Å²) in [4.78, 5) is 16.0. The van der Waals surface area contributed by atoms with Gasteiger partial charge in [-0.3, -0.25) is 4.79 Å². The molecule has 1 saturated carbocycles. The molecule has 6 heteroatoms. The summed E-state index contributed by atoms with van der Waals surface area (Å²) in [6.07, 6.45) is 4.98. The molecule has 1 amide bonds. The van der Waals surface area contributed by atoms with Crippen molar-refractivity contribution >= 4 is 5.91 Å². The molecule has 20 heavy (non-hydrogen) atoms. The third kappa shape index (κ3) is 2.55. The van der Waals surface area contributed by atoms with Crippen LogP contribution in [0.5, 0.6) is 0 Å². The minimum absolute atomic E-state index is 0.0842. The van der Waals surface area contributed by atoms with E-state index >= 15 is 0 Å². The Labute approximate surface area is 116 Å². The Morgan fingerprint density at radius 1 is 1.45 bits per heavy atom. The third-order valence-corrected chi connectivity index (χ3v) is 3.71. The number of nitrogens with one attached hydrogen (secondary N) is 1. The smallest absolute Gasteiger partial charge is 0.251 e. The molecule has 1 aliphatic carbocycles. The highest BCUT2D eigenvalue weighted by molar-refractivity contribution is 5.94. The predicted molar refractivity (Wildman–Crippen MR) is 72.4 cm³/mol. The Morgan fingerprint density at radius 2 is 2.30 bits per heavy atom. The van der Waals surface area contributed by atoms with Crippen LogP contribution >= 0.6 is 0 Å². The molecule has 0 spiro atoms. The van der Waals surface area contributed by atoms with E-state index in [1.807, 2.05) is 12.1 Å². The molecule has 6 nitrogen and oxygen atoms in total. The van der Waals surface area contributed by atoms with E-state index in [1.54, 1.807) is 23.1 Å². The molecule has 104 valence electrons. The van der Waals surface area contributed by atoms with E-state index in [4.69, 9.17) is 0 Å². The molecule has 0 radical (unpaired) electrons. The van der Waals surface area contributed by atoms with E-state index in [-0.39, 0.29) is 17.9 Å². The molecule has 0 unspecified atom stereocenters. The first kappa shape index (κ1) is 12.8. The molecule has 2 aromatic rings. The molecule has 1 fully saturated rings. The quantitative estimate of drug-likeness (QED) is 0.842. The fourth-order valence-corrected chi connectivity index (χ4v) is 2.07. The maximum Gasteiger partial charge on any atom is 0.251 e. The molecule has 0 aliphatic heterocycles. The number of carbonyl (C=O) groups excluding carboxylic acids is 1. The lowest BCUT2D eigenvalue weighted by atomic mass is 10.1. The predicted octanol–water partition coefficient (Wildman–Crippen LogP) is 0.770. The van der Waals surface area contributed by atoms with Crippen LogP contribution in [0, 0.1) is 5.41 Å². The summed E-state index contributed by atoms with van der Waals surface area (Å²) in [6, 6.07) is 7.20. The summed E-state index contributed by atoms with van der Waals surface area (Å²) >= 11 is 0. The molecule has 1 aromatic carbocycles. The van der Waals surface area contributed by atoms with Crippen LogP contribution in [0.2, 0.25) is 0 Å². The zero-order chi connectivity index (χ0) is 14.0. The van der Waals surface area contributed by atoms with E-state index in [0.29, 0.717) is 12.1 Å². The molecule has 3 rings (SSSR count). The number of rotatable bonds is 5. The highest BCUT2D eigenvalue weighted by Gasteiger charge is 2.42. The van der Waals surface area contributed by atoms with Crippen LogP contribution < -0.4 is 5.32 Å². The SMILES string of the molecule is O=C(NCC1(CO)CC1)c1cccc(-n2cncn2)c1. The number of amides is 1. The summed E-state index contributed by atoms with van der Waals surface area (Å²) in [5.74, 6) is -0.133. The van der Waals surface area contributed by atoms with Gasteiger partial charge >= 0.3 is 0 Å². The second-order valence-electron chi connectivity index (χ2n) is 5.23. The van der Waals surface area contributed by atoms with Crippen LogP contribution in [-0.4, -0.2) is 38.9 Å². The number of nitrogens with zero attached hydrogens (tertiary/aromatic N) is 3. The van der Waals surface area contributed by atoms with E-state index in [0.717, 1.165) is 18.5 Å². The maximum atomic E-state index is 12.1. The van der Waals surface area contributed by atoms with Gasteiger partial charge in [-0.15, -0.1) is 0 Å². The topological polar surface area (TPSA) is 80.0 Å². The second-order valence-corrected chi connectivity index (χ2v) is 5.23. The van der Waals surface area contributed by atoms with Gasteiger partial charge in [-0.1, -0.05) is 6.07 Å². The van der Waals surface area contributed by atoms with Crippen molar-refractivity contribution in [2.45, 2.75) is 12.8 Å². The first-order valence-electron chi connectivity index (χ1n) is 6.57. The second kappa shape index (κ2) is 5.05. The largest absolute Gasteiger partial charge is 0.396 e. The van der Waals surface area contributed by atoms with Gasteiger partial charge in [0.2, 0.25) is 0 Å². The Morgan fingerprint density at radius 3 is 2.95 bits per heavy atom. The number of hydrogen-bond donors (Lipinski definition) is 2. The Kier molecular flexibility index (Phi) is 3.23. The van der Waals surface area contributed by atoms with Crippen molar-refractivity contribution in [3.05, 3.63) is 42.5 Å². The van der Waals surface area contributed by atoms with Gasteiger partial charge in [-0.25, -0.2) is 9.67 Å². The molecule has 0 bridgehead atoms. The van der Waals surface area contributed by atoms with Gasteiger partial charge < -0.3 is 10.4 Å². The Balaban J connectivity index is 1.70. The minimum Gasteiger partial charge on any atom is -0.396 e. The van der Waals surface area contributed by atoms with Gasteiger partial charge in [-0.2, -0.15) is 5.10 Å². The minimum atomic E-state index is -0.133. The van der Waals surface area contributed by atoms with E-state index < -0.39 is 0 Å². The van der Waals surface area contributed by atoms with Gasteiger partial charge in [0, 0.05) is 17.5 Å². The van der Waals surface area contributed by atoms with Gasteiger partial charge in [0.25, 0.3) is 5.91 Å². The maximum absolute atomic E-state index is 12.1. The zero-order valence-corrected chi connectivity index (χ0v) is 11.0. The van der Waals surface area contributed by atoms with Crippen molar-refractivity contribution < 1.29 is 9.90 Å². The summed E-state index contributed by atoms with van der Waals surface area (Å²) in [6.45, 7) is 0.655. The summed E-state index contributed by atoms with van der Waals surface area (Å²) in [7, 11) is 0. The lowest BCUT2D eigenvalue weighted by molar-refractivity contribution is 0.0935. The standard InChI is InChI=1S/C14H16N4O2/c19-8-14(4-5-14)7-16-13(20)11-2-1-3-12(6-11)18-10-15-9-17-18/h1-3,6,9-10,19H,4-5,7-8H2,(H,16,20). The molecule has 2 N–H and O–H groups in total. The Hall–Kier alpha value is -2.21. The Bertz CT molecular complexity index is 605. The van der Waals surface area contributed by atoms with E-state index in [9.17, 15) is 9.90 Å². The van der Waals surface area contributed by atoms with E-state index in [1.165, 1.54) is 6.33 Å². The number of aromatic nitrogens is 3.